The van der Waals surface area contributed by atoms with Gasteiger partial charge in [-0.3, -0.25) is 0 Å². The highest BCUT2D eigenvalue weighted by molar-refractivity contribution is 5.72. The smallest absolute Gasteiger partial charge is 0.180 e. The van der Waals surface area contributed by atoms with Crippen LogP contribution < -0.4 is 10.6 Å². The zero-order chi connectivity index (χ0) is 14.8. The van der Waals surface area contributed by atoms with Crippen molar-refractivity contribution < 1.29 is 4.39 Å². The molecule has 3 aromatic rings. The van der Waals surface area contributed by atoms with Gasteiger partial charge in [-0.2, -0.15) is 0 Å². The van der Waals surface area contributed by atoms with E-state index < -0.39 is 0 Å². The third-order valence-corrected chi connectivity index (χ3v) is 3.17. The van der Waals surface area contributed by atoms with Crippen molar-refractivity contribution >= 4 is 23.0 Å². The summed E-state index contributed by atoms with van der Waals surface area (Å²) >= 11 is 0. The minimum atomic E-state index is -0.252. The van der Waals surface area contributed by atoms with Gasteiger partial charge < -0.3 is 15.0 Å². The lowest BCUT2D eigenvalue weighted by atomic mass is 10.2. The van der Waals surface area contributed by atoms with Crippen LogP contribution in [0.1, 0.15) is 12.5 Å². The fraction of sp³-hybridized carbons (Fsp3) is 0.200. The number of hydrogen-bond donors (Lipinski definition) is 2. The fourth-order valence-corrected chi connectivity index (χ4v) is 2.18. The summed E-state index contributed by atoms with van der Waals surface area (Å²) < 4.78 is 15.1. The SMILES string of the molecule is CCNc1cn2ccnc2c(Nc2ccc(F)cc2C)n1. The Balaban J connectivity index is 2.04. The zero-order valence-electron chi connectivity index (χ0n) is 11.9. The molecule has 0 saturated carbocycles. The second-order valence-electron chi connectivity index (χ2n) is 4.75. The molecule has 0 aliphatic carbocycles. The number of rotatable bonds is 4. The number of imidazole rings is 1. The lowest BCUT2D eigenvalue weighted by molar-refractivity contribution is 0.627. The molecule has 2 N–H and O–H groups in total. The number of benzene rings is 1. The van der Waals surface area contributed by atoms with Gasteiger partial charge in [-0.15, -0.1) is 0 Å². The molecule has 2 heterocycles. The van der Waals surface area contributed by atoms with E-state index in [9.17, 15) is 4.39 Å². The van der Waals surface area contributed by atoms with Crippen molar-refractivity contribution in [3.8, 4) is 0 Å². The molecule has 0 amide bonds. The zero-order valence-corrected chi connectivity index (χ0v) is 11.9. The molecule has 0 radical (unpaired) electrons. The fourth-order valence-electron chi connectivity index (χ4n) is 2.18. The molecule has 0 spiro atoms. The molecular weight excluding hydrogens is 269 g/mol. The van der Waals surface area contributed by atoms with Crippen LogP contribution in [0, 0.1) is 12.7 Å². The molecule has 0 fully saturated rings. The lowest BCUT2D eigenvalue weighted by Gasteiger charge is -2.12. The van der Waals surface area contributed by atoms with E-state index in [1.165, 1.54) is 12.1 Å². The van der Waals surface area contributed by atoms with Gasteiger partial charge in [-0.1, -0.05) is 0 Å². The maximum atomic E-state index is 13.2. The van der Waals surface area contributed by atoms with Gasteiger partial charge in [-0.25, -0.2) is 14.4 Å². The molecule has 0 aliphatic rings. The number of aromatic nitrogens is 3. The molecule has 21 heavy (non-hydrogen) atoms. The van der Waals surface area contributed by atoms with Crippen LogP contribution in [-0.4, -0.2) is 20.9 Å². The Labute approximate surface area is 121 Å². The Morgan fingerprint density at radius 3 is 2.95 bits per heavy atom. The summed E-state index contributed by atoms with van der Waals surface area (Å²) in [6.45, 7) is 4.64. The van der Waals surface area contributed by atoms with Crippen LogP contribution >= 0.6 is 0 Å². The summed E-state index contributed by atoms with van der Waals surface area (Å²) in [6, 6.07) is 4.61. The van der Waals surface area contributed by atoms with Crippen LogP contribution in [-0.2, 0) is 0 Å². The predicted molar refractivity (Wildman–Crippen MR) is 81.6 cm³/mol. The van der Waals surface area contributed by atoms with Crippen molar-refractivity contribution in [2.75, 3.05) is 17.2 Å². The van der Waals surface area contributed by atoms with Gasteiger partial charge in [0.25, 0.3) is 0 Å². The summed E-state index contributed by atoms with van der Waals surface area (Å²) in [5, 5.41) is 6.41. The molecule has 0 unspecified atom stereocenters. The van der Waals surface area contributed by atoms with Gasteiger partial charge in [-0.05, 0) is 37.6 Å². The first-order chi connectivity index (χ1) is 10.2. The highest BCUT2D eigenvalue weighted by atomic mass is 19.1. The second kappa shape index (κ2) is 5.40. The van der Waals surface area contributed by atoms with E-state index in [0.717, 1.165) is 29.3 Å². The summed E-state index contributed by atoms with van der Waals surface area (Å²) in [5.41, 5.74) is 2.35. The van der Waals surface area contributed by atoms with Crippen molar-refractivity contribution in [1.82, 2.24) is 14.4 Å². The number of hydrogen-bond acceptors (Lipinski definition) is 4. The average Bonchev–Trinajstić information content (AvgIpc) is 2.91. The predicted octanol–water partition coefficient (Wildman–Crippen LogP) is 3.35. The van der Waals surface area contributed by atoms with Crippen LogP contribution in [0.2, 0.25) is 0 Å². The Kier molecular flexibility index (Phi) is 3.43. The third kappa shape index (κ3) is 2.65. The lowest BCUT2D eigenvalue weighted by Crippen LogP contribution is -2.05. The van der Waals surface area contributed by atoms with Gasteiger partial charge in [0.05, 0.1) is 6.20 Å². The van der Waals surface area contributed by atoms with Gasteiger partial charge in [0.15, 0.2) is 11.5 Å². The van der Waals surface area contributed by atoms with Crippen molar-refractivity contribution in [3.05, 3.63) is 48.2 Å². The standard InChI is InChI=1S/C15H16FN5/c1-3-17-13-9-21-7-6-18-15(21)14(20-13)19-12-5-4-11(16)8-10(12)2/h4-9,17H,3H2,1-2H3,(H,19,20). The number of halogens is 1. The molecule has 3 rings (SSSR count). The maximum absolute atomic E-state index is 13.2. The summed E-state index contributed by atoms with van der Waals surface area (Å²) in [6.07, 6.45) is 5.46. The highest BCUT2D eigenvalue weighted by Gasteiger charge is 2.09. The number of nitrogens with one attached hydrogen (secondary N) is 2. The molecule has 0 atom stereocenters. The van der Waals surface area contributed by atoms with Crippen molar-refractivity contribution in [2.45, 2.75) is 13.8 Å². The summed E-state index contributed by atoms with van der Waals surface area (Å²) in [7, 11) is 0. The number of fused-ring (bicyclic) bond motifs is 1. The van der Waals surface area contributed by atoms with E-state index in [1.54, 1.807) is 12.3 Å². The van der Waals surface area contributed by atoms with Crippen LogP contribution in [0.15, 0.2) is 36.8 Å². The van der Waals surface area contributed by atoms with Gasteiger partial charge in [0, 0.05) is 24.6 Å². The van der Waals surface area contributed by atoms with Crippen molar-refractivity contribution in [2.24, 2.45) is 0 Å². The number of nitrogens with zero attached hydrogens (tertiary/aromatic N) is 3. The second-order valence-corrected chi connectivity index (χ2v) is 4.75. The van der Waals surface area contributed by atoms with Crippen LogP contribution in [0.5, 0.6) is 0 Å². The molecule has 108 valence electrons. The van der Waals surface area contributed by atoms with E-state index in [2.05, 4.69) is 20.6 Å². The van der Waals surface area contributed by atoms with Crippen LogP contribution in [0.3, 0.4) is 0 Å². The molecule has 1 aromatic carbocycles. The summed E-state index contributed by atoms with van der Waals surface area (Å²) in [5.74, 6) is 1.14. The van der Waals surface area contributed by atoms with Gasteiger partial charge in [0.1, 0.15) is 11.6 Å². The molecule has 0 bridgehead atoms. The van der Waals surface area contributed by atoms with Gasteiger partial charge >= 0.3 is 0 Å². The number of aryl methyl sites for hydroxylation is 1. The highest BCUT2D eigenvalue weighted by Crippen LogP contribution is 2.24. The first-order valence-electron chi connectivity index (χ1n) is 6.78. The van der Waals surface area contributed by atoms with Gasteiger partial charge in [0.2, 0.25) is 0 Å². The Hall–Kier alpha value is -2.63. The van der Waals surface area contributed by atoms with E-state index in [4.69, 9.17) is 0 Å². The Bertz CT molecular complexity index is 781. The Morgan fingerprint density at radius 2 is 2.19 bits per heavy atom. The molecule has 6 heteroatoms. The largest absolute Gasteiger partial charge is 0.369 e. The Morgan fingerprint density at radius 1 is 1.33 bits per heavy atom. The first kappa shape index (κ1) is 13.4. The van der Waals surface area contributed by atoms with Crippen molar-refractivity contribution in [1.29, 1.82) is 0 Å². The van der Waals surface area contributed by atoms with Crippen molar-refractivity contribution in [3.63, 3.8) is 0 Å². The summed E-state index contributed by atoms with van der Waals surface area (Å²) in [4.78, 5) is 8.82. The van der Waals surface area contributed by atoms with E-state index >= 15 is 0 Å². The molecular formula is C15H16FN5. The minimum absolute atomic E-state index is 0.252. The quantitative estimate of drug-likeness (QED) is 0.772. The van der Waals surface area contributed by atoms with Crippen LogP contribution in [0.25, 0.3) is 5.65 Å². The molecule has 0 aliphatic heterocycles. The van der Waals surface area contributed by atoms with E-state index in [0.29, 0.717) is 5.82 Å². The monoisotopic (exact) mass is 285 g/mol. The molecule has 0 saturated heterocycles. The third-order valence-electron chi connectivity index (χ3n) is 3.17. The normalized spacial score (nSPS) is 10.8. The minimum Gasteiger partial charge on any atom is -0.369 e. The molecule has 5 nitrogen and oxygen atoms in total. The van der Waals surface area contributed by atoms with E-state index in [1.807, 2.05) is 30.6 Å². The topological polar surface area (TPSA) is 54.2 Å². The first-order valence-corrected chi connectivity index (χ1v) is 6.78. The van der Waals surface area contributed by atoms with E-state index in [-0.39, 0.29) is 5.82 Å². The average molecular weight is 285 g/mol. The maximum Gasteiger partial charge on any atom is 0.180 e. The molecule has 2 aromatic heterocycles. The van der Waals surface area contributed by atoms with Crippen LogP contribution in [0.4, 0.5) is 21.7 Å². The number of anilines is 3.